The molecule has 0 aliphatic heterocycles. The molecule has 1 aromatic carbocycles. The van der Waals surface area contributed by atoms with Crippen molar-refractivity contribution in [3.63, 3.8) is 0 Å². The molecule has 0 aliphatic rings. The highest BCUT2D eigenvalue weighted by molar-refractivity contribution is 9.10. The zero-order valence-corrected chi connectivity index (χ0v) is 12.2. The van der Waals surface area contributed by atoms with Crippen LogP contribution in [-0.2, 0) is 0 Å². The molecule has 0 bridgehead atoms. The van der Waals surface area contributed by atoms with Crippen molar-refractivity contribution < 1.29 is 9.18 Å². The van der Waals surface area contributed by atoms with Crippen LogP contribution in [0.5, 0.6) is 0 Å². The molecule has 0 spiro atoms. The summed E-state index contributed by atoms with van der Waals surface area (Å²) in [7, 11) is 0. The van der Waals surface area contributed by atoms with Crippen molar-refractivity contribution >= 4 is 33.6 Å². The second-order valence-electron chi connectivity index (χ2n) is 3.64. The summed E-state index contributed by atoms with van der Waals surface area (Å²) in [4.78, 5) is 11.8. The number of carbonyl (C=O) groups excluding carboxylic acids is 1. The highest BCUT2D eigenvalue weighted by Gasteiger charge is 2.15. The van der Waals surface area contributed by atoms with Crippen LogP contribution in [0.1, 0.15) is 24.2 Å². The van der Waals surface area contributed by atoms with Crippen molar-refractivity contribution in [1.29, 1.82) is 0 Å². The number of hydrogen-bond donors (Lipinski definition) is 1. The quantitative estimate of drug-likeness (QED) is 0.900. The van der Waals surface area contributed by atoms with Crippen LogP contribution in [0, 0.1) is 5.82 Å². The zero-order chi connectivity index (χ0) is 12.8. The molecule has 1 amide bonds. The van der Waals surface area contributed by atoms with E-state index < -0.39 is 5.82 Å². The predicted molar refractivity (Wildman–Crippen MR) is 74.0 cm³/mol. The average molecular weight is 320 g/mol. The lowest BCUT2D eigenvalue weighted by molar-refractivity contribution is 0.0939. The number of thioether (sulfide) groups is 1. The summed E-state index contributed by atoms with van der Waals surface area (Å²) in [5.74, 6) is 0.955. The van der Waals surface area contributed by atoms with E-state index in [0.717, 1.165) is 11.5 Å². The summed E-state index contributed by atoms with van der Waals surface area (Å²) in [6.45, 7) is 3.98. The number of hydrogen-bond acceptors (Lipinski definition) is 2. The number of halogens is 2. The molecule has 94 valence electrons. The fourth-order valence-corrected chi connectivity index (χ4v) is 2.36. The molecule has 5 heteroatoms. The molecule has 0 aromatic heterocycles. The molecule has 1 aromatic rings. The minimum Gasteiger partial charge on any atom is -0.349 e. The molecule has 1 unspecified atom stereocenters. The average Bonchev–Trinajstić information content (AvgIpc) is 2.29. The Morgan fingerprint density at radius 2 is 2.29 bits per heavy atom. The fourth-order valence-electron chi connectivity index (χ4n) is 1.32. The van der Waals surface area contributed by atoms with E-state index >= 15 is 0 Å². The summed E-state index contributed by atoms with van der Waals surface area (Å²) >= 11 is 4.81. The molecule has 2 nitrogen and oxygen atoms in total. The maximum absolute atomic E-state index is 13.6. The molecular formula is C12H15BrFNOS. The third kappa shape index (κ3) is 4.32. The summed E-state index contributed by atoms with van der Waals surface area (Å²) in [5, 5.41) is 2.78. The van der Waals surface area contributed by atoms with Crippen LogP contribution in [0.2, 0.25) is 0 Å². The van der Waals surface area contributed by atoms with E-state index in [2.05, 4.69) is 28.2 Å². The Morgan fingerprint density at radius 1 is 1.59 bits per heavy atom. The lowest BCUT2D eigenvalue weighted by Gasteiger charge is -2.13. The minimum atomic E-state index is -0.514. The van der Waals surface area contributed by atoms with E-state index in [1.165, 1.54) is 6.07 Å². The van der Waals surface area contributed by atoms with Gasteiger partial charge in [-0.2, -0.15) is 11.8 Å². The summed E-state index contributed by atoms with van der Waals surface area (Å²) in [5.41, 5.74) is 0.0766. The van der Waals surface area contributed by atoms with Gasteiger partial charge < -0.3 is 5.32 Å². The van der Waals surface area contributed by atoms with Gasteiger partial charge in [0.15, 0.2) is 0 Å². The summed E-state index contributed by atoms with van der Waals surface area (Å²) in [6.07, 6.45) is 0. The molecule has 17 heavy (non-hydrogen) atoms. The van der Waals surface area contributed by atoms with Crippen LogP contribution >= 0.6 is 27.7 Å². The Balaban J connectivity index is 2.67. The number of amides is 1. The second-order valence-corrected chi connectivity index (χ2v) is 5.81. The van der Waals surface area contributed by atoms with E-state index in [-0.39, 0.29) is 17.5 Å². The van der Waals surface area contributed by atoms with Gasteiger partial charge in [0.2, 0.25) is 0 Å². The van der Waals surface area contributed by atoms with Gasteiger partial charge in [-0.25, -0.2) is 4.39 Å². The Bertz CT molecular complexity index is 400. The van der Waals surface area contributed by atoms with Gasteiger partial charge in [0.1, 0.15) is 5.82 Å². The van der Waals surface area contributed by atoms with Gasteiger partial charge in [0.25, 0.3) is 5.91 Å². The van der Waals surface area contributed by atoms with Crippen LogP contribution in [-0.4, -0.2) is 23.5 Å². The van der Waals surface area contributed by atoms with Crippen LogP contribution in [0.15, 0.2) is 22.7 Å². The third-order valence-corrected chi connectivity index (χ3v) is 3.90. The first-order valence-electron chi connectivity index (χ1n) is 5.38. The number of rotatable bonds is 5. The van der Waals surface area contributed by atoms with Gasteiger partial charge in [-0.15, -0.1) is 0 Å². The Labute approximate surface area is 113 Å². The predicted octanol–water partition coefficient (Wildman–Crippen LogP) is 3.46. The van der Waals surface area contributed by atoms with Crippen molar-refractivity contribution in [3.8, 4) is 0 Å². The normalized spacial score (nSPS) is 12.2. The standard InChI is InChI=1S/C12H15BrFNOS/c1-3-17-7-8(2)15-12(16)9-5-4-6-10(13)11(9)14/h4-6,8H,3,7H2,1-2H3,(H,15,16). The second kappa shape index (κ2) is 7.01. The first-order valence-corrected chi connectivity index (χ1v) is 7.33. The molecule has 0 saturated heterocycles. The van der Waals surface area contributed by atoms with Crippen molar-refractivity contribution in [2.75, 3.05) is 11.5 Å². The minimum absolute atomic E-state index is 0.0332. The largest absolute Gasteiger partial charge is 0.349 e. The molecular weight excluding hydrogens is 305 g/mol. The summed E-state index contributed by atoms with van der Waals surface area (Å²) < 4.78 is 13.9. The highest BCUT2D eigenvalue weighted by atomic mass is 79.9. The molecule has 1 rings (SSSR count). The number of carbonyl (C=O) groups is 1. The zero-order valence-electron chi connectivity index (χ0n) is 9.80. The topological polar surface area (TPSA) is 29.1 Å². The van der Waals surface area contributed by atoms with Gasteiger partial charge in [-0.3, -0.25) is 4.79 Å². The lowest BCUT2D eigenvalue weighted by Crippen LogP contribution is -2.34. The molecule has 0 radical (unpaired) electrons. The maximum Gasteiger partial charge on any atom is 0.254 e. The first kappa shape index (κ1) is 14.5. The smallest absolute Gasteiger partial charge is 0.254 e. The summed E-state index contributed by atoms with van der Waals surface area (Å²) in [6, 6.07) is 4.73. The Morgan fingerprint density at radius 3 is 2.94 bits per heavy atom. The Kier molecular flexibility index (Phi) is 5.98. The first-order chi connectivity index (χ1) is 8.06. The van der Waals surface area contributed by atoms with E-state index in [0.29, 0.717) is 4.47 Å². The van der Waals surface area contributed by atoms with Crippen LogP contribution < -0.4 is 5.32 Å². The van der Waals surface area contributed by atoms with Crippen molar-refractivity contribution in [2.45, 2.75) is 19.9 Å². The molecule has 0 saturated carbocycles. The van der Waals surface area contributed by atoms with Crippen LogP contribution in [0.3, 0.4) is 0 Å². The lowest BCUT2D eigenvalue weighted by atomic mass is 10.2. The SMILES string of the molecule is CCSCC(C)NC(=O)c1cccc(Br)c1F. The molecule has 0 fully saturated rings. The highest BCUT2D eigenvalue weighted by Crippen LogP contribution is 2.18. The van der Waals surface area contributed by atoms with Crippen LogP contribution in [0.25, 0.3) is 0 Å². The van der Waals surface area contributed by atoms with Crippen molar-refractivity contribution in [2.24, 2.45) is 0 Å². The third-order valence-electron chi connectivity index (χ3n) is 2.15. The van der Waals surface area contributed by atoms with Gasteiger partial charge in [-0.05, 0) is 40.7 Å². The number of benzene rings is 1. The van der Waals surface area contributed by atoms with Crippen LogP contribution in [0.4, 0.5) is 4.39 Å². The van der Waals surface area contributed by atoms with E-state index in [1.54, 1.807) is 23.9 Å². The molecule has 1 atom stereocenters. The monoisotopic (exact) mass is 319 g/mol. The van der Waals surface area contributed by atoms with Gasteiger partial charge >= 0.3 is 0 Å². The van der Waals surface area contributed by atoms with Gasteiger partial charge in [0.05, 0.1) is 10.0 Å². The maximum atomic E-state index is 13.6. The van der Waals surface area contributed by atoms with E-state index in [4.69, 9.17) is 0 Å². The molecule has 1 N–H and O–H groups in total. The number of nitrogens with one attached hydrogen (secondary N) is 1. The Hall–Kier alpha value is -0.550. The molecule has 0 aliphatic carbocycles. The van der Waals surface area contributed by atoms with Gasteiger partial charge in [-0.1, -0.05) is 13.0 Å². The van der Waals surface area contributed by atoms with E-state index in [9.17, 15) is 9.18 Å². The fraction of sp³-hybridized carbons (Fsp3) is 0.417. The van der Waals surface area contributed by atoms with Crippen molar-refractivity contribution in [1.82, 2.24) is 5.32 Å². The molecule has 0 heterocycles. The van der Waals surface area contributed by atoms with Crippen molar-refractivity contribution in [3.05, 3.63) is 34.1 Å². The van der Waals surface area contributed by atoms with Gasteiger partial charge in [0, 0.05) is 11.8 Å². The van der Waals surface area contributed by atoms with E-state index in [1.807, 2.05) is 6.92 Å².